The lowest BCUT2D eigenvalue weighted by Crippen LogP contribution is -2.26. The van der Waals surface area contributed by atoms with Crippen molar-refractivity contribution in [2.75, 3.05) is 5.32 Å². The van der Waals surface area contributed by atoms with E-state index in [9.17, 15) is 14.5 Å². The molecule has 2 aliphatic rings. The molecule has 4 nitrogen and oxygen atoms in total. The molecule has 0 bridgehead atoms. The lowest BCUT2D eigenvalue weighted by atomic mass is 9.73. The molecule has 0 saturated heterocycles. The third kappa shape index (κ3) is 2.72. The summed E-state index contributed by atoms with van der Waals surface area (Å²) in [4.78, 5) is 10.4. The fourth-order valence-corrected chi connectivity index (χ4v) is 3.93. The normalized spacial score (nSPS) is 30.6. The molecule has 22 heavy (non-hydrogen) atoms. The van der Waals surface area contributed by atoms with Gasteiger partial charge in [0, 0.05) is 23.7 Å². The third-order valence-corrected chi connectivity index (χ3v) is 5.12. The molecule has 0 radical (unpaired) electrons. The predicted molar refractivity (Wildman–Crippen MR) is 83.9 cm³/mol. The van der Waals surface area contributed by atoms with E-state index >= 15 is 0 Å². The van der Waals surface area contributed by atoms with Crippen LogP contribution < -0.4 is 5.32 Å². The molecule has 1 saturated carbocycles. The number of non-ortho nitro benzene ring substituents is 1. The summed E-state index contributed by atoms with van der Waals surface area (Å²) < 4.78 is 14.0. The second-order valence-corrected chi connectivity index (χ2v) is 6.72. The summed E-state index contributed by atoms with van der Waals surface area (Å²) in [5, 5.41) is 14.0. The average Bonchev–Trinajstić information content (AvgIpc) is 2.77. The highest BCUT2D eigenvalue weighted by atomic mass is 19.1. The van der Waals surface area contributed by atoms with Gasteiger partial charge in [-0.15, -0.1) is 0 Å². The number of nitro groups is 1. The van der Waals surface area contributed by atoms with Crippen LogP contribution in [0.4, 0.5) is 15.8 Å². The van der Waals surface area contributed by atoms with Gasteiger partial charge in [0.25, 0.3) is 5.69 Å². The van der Waals surface area contributed by atoms with E-state index in [-0.39, 0.29) is 11.4 Å². The molecule has 1 fully saturated rings. The summed E-state index contributed by atoms with van der Waals surface area (Å²) in [5.41, 5.74) is 1.14. The molecule has 2 aliphatic carbocycles. The van der Waals surface area contributed by atoms with Gasteiger partial charge in [0.2, 0.25) is 0 Å². The monoisotopic (exact) mass is 304 g/mol. The molecule has 1 aromatic carbocycles. The number of anilines is 1. The van der Waals surface area contributed by atoms with Gasteiger partial charge in [0.15, 0.2) is 0 Å². The Bertz CT molecular complexity index is 629. The van der Waals surface area contributed by atoms with Crippen molar-refractivity contribution in [2.45, 2.75) is 33.1 Å². The summed E-state index contributed by atoms with van der Waals surface area (Å²) in [6.07, 6.45) is 5.72. The second kappa shape index (κ2) is 5.71. The zero-order valence-corrected chi connectivity index (χ0v) is 12.9. The van der Waals surface area contributed by atoms with Gasteiger partial charge >= 0.3 is 0 Å². The Morgan fingerprint density at radius 2 is 2.09 bits per heavy atom. The van der Waals surface area contributed by atoms with Crippen LogP contribution in [0.1, 0.15) is 33.1 Å². The fourth-order valence-electron chi connectivity index (χ4n) is 3.93. The largest absolute Gasteiger partial charge is 0.356 e. The van der Waals surface area contributed by atoms with E-state index in [0.717, 1.165) is 18.2 Å². The van der Waals surface area contributed by atoms with Gasteiger partial charge in [-0.1, -0.05) is 26.3 Å². The molecule has 4 atom stereocenters. The van der Waals surface area contributed by atoms with Crippen LogP contribution in [-0.2, 0) is 0 Å². The van der Waals surface area contributed by atoms with Crippen LogP contribution >= 0.6 is 0 Å². The maximum absolute atomic E-state index is 14.0. The number of hydrogen-bond acceptors (Lipinski definition) is 3. The van der Waals surface area contributed by atoms with Gasteiger partial charge in [-0.05, 0) is 36.7 Å². The topological polar surface area (TPSA) is 55.2 Å². The Morgan fingerprint density at radius 3 is 2.82 bits per heavy atom. The molecule has 0 aliphatic heterocycles. The van der Waals surface area contributed by atoms with Gasteiger partial charge in [0.1, 0.15) is 5.82 Å². The number of fused-ring (bicyclic) bond motifs is 1. The second-order valence-electron chi connectivity index (χ2n) is 6.72. The first-order valence-corrected chi connectivity index (χ1v) is 7.88. The minimum absolute atomic E-state index is 0.0934. The lowest BCUT2D eigenvalue weighted by molar-refractivity contribution is -0.384. The van der Waals surface area contributed by atoms with E-state index in [1.165, 1.54) is 25.0 Å². The van der Waals surface area contributed by atoms with Crippen molar-refractivity contribution < 1.29 is 9.31 Å². The fraction of sp³-hybridized carbons (Fsp3) is 0.529. The van der Waals surface area contributed by atoms with Gasteiger partial charge in [-0.25, -0.2) is 4.39 Å². The van der Waals surface area contributed by atoms with E-state index in [0.29, 0.717) is 23.7 Å². The molecule has 0 amide bonds. The highest BCUT2D eigenvalue weighted by molar-refractivity contribution is 5.56. The Balaban J connectivity index is 1.85. The quantitative estimate of drug-likeness (QED) is 0.648. The maximum Gasteiger partial charge on any atom is 0.271 e. The zero-order chi connectivity index (χ0) is 15.9. The van der Waals surface area contributed by atoms with Crippen molar-refractivity contribution in [3.05, 3.63) is 45.9 Å². The van der Waals surface area contributed by atoms with Crippen LogP contribution in [-0.4, -0.2) is 4.92 Å². The average molecular weight is 304 g/mol. The molecule has 5 heteroatoms. The van der Waals surface area contributed by atoms with Crippen molar-refractivity contribution in [2.24, 2.45) is 23.7 Å². The number of hydrogen-bond donors (Lipinski definition) is 1. The molecule has 1 aromatic rings. The van der Waals surface area contributed by atoms with Crippen molar-refractivity contribution >= 4 is 11.4 Å². The third-order valence-electron chi connectivity index (χ3n) is 5.12. The molecule has 3 rings (SSSR count). The summed E-state index contributed by atoms with van der Waals surface area (Å²) in [6, 6.07) is 3.62. The first-order chi connectivity index (χ1) is 10.5. The first kappa shape index (κ1) is 15.0. The number of nitro benzene ring substituents is 1. The Kier molecular flexibility index (Phi) is 3.89. The standard InChI is InChI=1S/C17H21FN2O2/c1-10-3-5-13-11(2)8-16(14(13)7-10)19-17-9-12(20(21)22)4-6-15(17)18/h4,6,8-11,13-14,19H,3,5,7H2,1-2H3/t10-,11?,13+,14-/m1/s1. The molecule has 0 aromatic heterocycles. The minimum Gasteiger partial charge on any atom is -0.356 e. The molecular weight excluding hydrogens is 283 g/mol. The smallest absolute Gasteiger partial charge is 0.271 e. The van der Waals surface area contributed by atoms with E-state index in [1.54, 1.807) is 0 Å². The van der Waals surface area contributed by atoms with E-state index in [4.69, 9.17) is 0 Å². The molecule has 1 N–H and O–H groups in total. The van der Waals surface area contributed by atoms with Gasteiger partial charge in [0.05, 0.1) is 10.6 Å². The van der Waals surface area contributed by atoms with Gasteiger partial charge in [-0.2, -0.15) is 0 Å². The number of benzene rings is 1. The number of halogens is 1. The van der Waals surface area contributed by atoms with Crippen molar-refractivity contribution in [1.29, 1.82) is 0 Å². The van der Waals surface area contributed by atoms with Crippen LogP contribution in [0.3, 0.4) is 0 Å². The number of allylic oxidation sites excluding steroid dienone is 2. The van der Waals surface area contributed by atoms with Crippen LogP contribution in [0.2, 0.25) is 0 Å². The molecule has 0 heterocycles. The Morgan fingerprint density at radius 1 is 1.32 bits per heavy atom. The predicted octanol–water partition coefficient (Wildman–Crippen LogP) is 4.73. The lowest BCUT2D eigenvalue weighted by Gasteiger charge is -2.33. The molecule has 0 spiro atoms. The van der Waals surface area contributed by atoms with Gasteiger partial charge in [-0.3, -0.25) is 10.1 Å². The first-order valence-electron chi connectivity index (χ1n) is 7.88. The summed E-state index contributed by atoms with van der Waals surface area (Å²) in [7, 11) is 0. The van der Waals surface area contributed by atoms with Crippen LogP contribution in [0, 0.1) is 39.6 Å². The Labute approximate surface area is 129 Å². The number of rotatable bonds is 3. The Hall–Kier alpha value is -1.91. The van der Waals surface area contributed by atoms with Crippen molar-refractivity contribution in [3.63, 3.8) is 0 Å². The molecular formula is C17H21FN2O2. The van der Waals surface area contributed by atoms with Crippen LogP contribution in [0.15, 0.2) is 30.0 Å². The van der Waals surface area contributed by atoms with Crippen LogP contribution in [0.5, 0.6) is 0 Å². The highest BCUT2D eigenvalue weighted by Gasteiger charge is 2.38. The molecule has 118 valence electrons. The number of nitrogens with one attached hydrogen (secondary N) is 1. The van der Waals surface area contributed by atoms with E-state index in [1.807, 2.05) is 0 Å². The van der Waals surface area contributed by atoms with Crippen LogP contribution in [0.25, 0.3) is 0 Å². The summed E-state index contributed by atoms with van der Waals surface area (Å²) in [6.45, 7) is 4.46. The SMILES string of the molecule is CC1C=C(Nc2cc([N+](=O)[O-])ccc2F)[C@@H]2C[C@H](C)CC[C@@H]12. The zero-order valence-electron chi connectivity index (χ0n) is 12.9. The summed E-state index contributed by atoms with van der Waals surface area (Å²) >= 11 is 0. The maximum atomic E-state index is 14.0. The molecule has 1 unspecified atom stereocenters. The van der Waals surface area contributed by atoms with E-state index < -0.39 is 10.7 Å². The number of nitrogens with zero attached hydrogens (tertiary/aromatic N) is 1. The minimum atomic E-state index is -0.498. The van der Waals surface area contributed by atoms with Gasteiger partial charge < -0.3 is 5.32 Å². The summed E-state index contributed by atoms with van der Waals surface area (Å²) in [5.74, 6) is 1.72. The van der Waals surface area contributed by atoms with Crippen molar-refractivity contribution in [3.8, 4) is 0 Å². The highest BCUT2D eigenvalue weighted by Crippen LogP contribution is 2.47. The van der Waals surface area contributed by atoms with Crippen molar-refractivity contribution in [1.82, 2.24) is 0 Å². The van der Waals surface area contributed by atoms with E-state index in [2.05, 4.69) is 25.2 Å².